The molecule has 4 rings (SSSR count). The van der Waals surface area contributed by atoms with Crippen LogP contribution in [0.1, 0.15) is 53.6 Å². The Balaban J connectivity index is 1.30. The van der Waals surface area contributed by atoms with Gasteiger partial charge in [0.2, 0.25) is 0 Å². The maximum atomic E-state index is 13.0. The first-order chi connectivity index (χ1) is 13.7. The number of nitrogens with zero attached hydrogens (tertiary/aromatic N) is 4. The highest BCUT2D eigenvalue weighted by molar-refractivity contribution is 5.96. The predicted octanol–water partition coefficient (Wildman–Crippen LogP) is 3.31. The zero-order valence-electron chi connectivity index (χ0n) is 16.9. The molecule has 1 atom stereocenters. The van der Waals surface area contributed by atoms with Crippen molar-refractivity contribution in [3.63, 3.8) is 0 Å². The molecule has 150 valence electrons. The number of hydrogen-bond donors (Lipinski definition) is 0. The Kier molecular flexibility index (Phi) is 5.76. The van der Waals surface area contributed by atoms with Crippen LogP contribution in [0.3, 0.4) is 0 Å². The SMILES string of the molecule is CCc1noc(C)c1C(=O)N1CCC(C2CCN(Cc3cccnc3)CC2)C1. The Bertz CT molecular complexity index is 796. The molecular formula is C22H30N4O2. The fraction of sp³-hybridized carbons (Fsp3) is 0.591. The van der Waals surface area contributed by atoms with E-state index in [2.05, 4.69) is 21.1 Å². The quantitative estimate of drug-likeness (QED) is 0.794. The van der Waals surface area contributed by atoms with Crippen molar-refractivity contribution >= 4 is 5.91 Å². The normalized spacial score (nSPS) is 21.4. The van der Waals surface area contributed by atoms with Crippen molar-refractivity contribution in [3.8, 4) is 0 Å². The molecule has 2 fully saturated rings. The first-order valence-corrected chi connectivity index (χ1v) is 10.5. The van der Waals surface area contributed by atoms with E-state index < -0.39 is 0 Å². The van der Waals surface area contributed by atoms with Gasteiger partial charge in [0.15, 0.2) is 0 Å². The molecule has 0 aromatic carbocycles. The molecule has 6 nitrogen and oxygen atoms in total. The zero-order chi connectivity index (χ0) is 19.5. The number of piperidine rings is 1. The number of aromatic nitrogens is 2. The summed E-state index contributed by atoms with van der Waals surface area (Å²) in [5, 5.41) is 4.05. The number of aryl methyl sites for hydroxylation is 2. The fourth-order valence-corrected chi connectivity index (χ4v) is 4.78. The van der Waals surface area contributed by atoms with Crippen LogP contribution in [0.2, 0.25) is 0 Å². The van der Waals surface area contributed by atoms with E-state index in [0.717, 1.165) is 57.2 Å². The van der Waals surface area contributed by atoms with Gasteiger partial charge in [0.1, 0.15) is 11.3 Å². The lowest BCUT2D eigenvalue weighted by atomic mass is 9.83. The van der Waals surface area contributed by atoms with E-state index in [1.165, 1.54) is 18.4 Å². The summed E-state index contributed by atoms with van der Waals surface area (Å²) < 4.78 is 5.26. The van der Waals surface area contributed by atoms with Gasteiger partial charge in [0, 0.05) is 32.0 Å². The number of likely N-dealkylation sites (tertiary alicyclic amines) is 2. The summed E-state index contributed by atoms with van der Waals surface area (Å²) >= 11 is 0. The third-order valence-electron chi connectivity index (χ3n) is 6.42. The molecule has 0 aliphatic carbocycles. The molecular weight excluding hydrogens is 352 g/mol. The molecule has 2 aromatic heterocycles. The third-order valence-corrected chi connectivity index (χ3v) is 6.42. The molecule has 4 heterocycles. The van der Waals surface area contributed by atoms with E-state index in [-0.39, 0.29) is 5.91 Å². The Morgan fingerprint density at radius 2 is 2.00 bits per heavy atom. The maximum Gasteiger partial charge on any atom is 0.259 e. The van der Waals surface area contributed by atoms with Gasteiger partial charge in [0.25, 0.3) is 5.91 Å². The standard InChI is InChI=1S/C22H30N4O2/c1-3-20-21(16(2)28-24-20)22(27)26-12-8-19(15-26)18-6-10-25(11-7-18)14-17-5-4-9-23-13-17/h4-5,9,13,18-19H,3,6-8,10-12,14-15H2,1-2H3. The second kappa shape index (κ2) is 8.43. The number of carbonyl (C=O) groups excluding carboxylic acids is 1. The summed E-state index contributed by atoms with van der Waals surface area (Å²) in [6.07, 6.45) is 8.08. The van der Waals surface area contributed by atoms with Gasteiger partial charge in [0.05, 0.1) is 5.69 Å². The first kappa shape index (κ1) is 19.1. The second-order valence-corrected chi connectivity index (χ2v) is 8.19. The second-order valence-electron chi connectivity index (χ2n) is 8.19. The minimum Gasteiger partial charge on any atom is -0.361 e. The number of amides is 1. The molecule has 2 aliphatic rings. The molecule has 0 saturated carbocycles. The monoisotopic (exact) mass is 382 g/mol. The average molecular weight is 383 g/mol. The summed E-state index contributed by atoms with van der Waals surface area (Å²) in [5.74, 6) is 2.09. The Morgan fingerprint density at radius 3 is 2.71 bits per heavy atom. The average Bonchev–Trinajstić information content (AvgIpc) is 3.36. The molecule has 2 aromatic rings. The van der Waals surface area contributed by atoms with Crippen LogP contribution in [0.15, 0.2) is 29.0 Å². The van der Waals surface area contributed by atoms with Gasteiger partial charge in [-0.05, 0) is 69.2 Å². The molecule has 28 heavy (non-hydrogen) atoms. The van der Waals surface area contributed by atoms with Crippen LogP contribution in [0.4, 0.5) is 0 Å². The molecule has 0 radical (unpaired) electrons. The topological polar surface area (TPSA) is 62.5 Å². The first-order valence-electron chi connectivity index (χ1n) is 10.5. The highest BCUT2D eigenvalue weighted by atomic mass is 16.5. The van der Waals surface area contributed by atoms with Crippen LogP contribution in [-0.4, -0.2) is 52.0 Å². The van der Waals surface area contributed by atoms with Crippen LogP contribution in [0.25, 0.3) is 0 Å². The van der Waals surface area contributed by atoms with Gasteiger partial charge in [-0.15, -0.1) is 0 Å². The van der Waals surface area contributed by atoms with Crippen LogP contribution < -0.4 is 0 Å². The summed E-state index contributed by atoms with van der Waals surface area (Å²) in [4.78, 5) is 21.8. The van der Waals surface area contributed by atoms with E-state index >= 15 is 0 Å². The highest BCUT2D eigenvalue weighted by Gasteiger charge is 2.35. The minimum atomic E-state index is 0.104. The van der Waals surface area contributed by atoms with E-state index in [4.69, 9.17) is 4.52 Å². The summed E-state index contributed by atoms with van der Waals surface area (Å²) in [6, 6.07) is 4.16. The third kappa shape index (κ3) is 3.97. The Hall–Kier alpha value is -2.21. The van der Waals surface area contributed by atoms with Crippen molar-refractivity contribution in [2.24, 2.45) is 11.8 Å². The number of hydrogen-bond acceptors (Lipinski definition) is 5. The van der Waals surface area contributed by atoms with Crippen molar-refractivity contribution in [1.82, 2.24) is 19.9 Å². The lowest BCUT2D eigenvalue weighted by molar-refractivity contribution is 0.0770. The number of pyridine rings is 1. The largest absolute Gasteiger partial charge is 0.361 e. The number of rotatable bonds is 5. The van der Waals surface area contributed by atoms with Crippen LogP contribution in [0, 0.1) is 18.8 Å². The summed E-state index contributed by atoms with van der Waals surface area (Å²) in [5.41, 5.74) is 2.76. The van der Waals surface area contributed by atoms with Gasteiger partial charge in [-0.25, -0.2) is 0 Å². The van der Waals surface area contributed by atoms with E-state index in [1.54, 1.807) is 0 Å². The minimum absolute atomic E-state index is 0.104. The van der Waals surface area contributed by atoms with Gasteiger partial charge in [-0.3, -0.25) is 14.7 Å². The van der Waals surface area contributed by atoms with Crippen LogP contribution in [0.5, 0.6) is 0 Å². The molecule has 2 aliphatic heterocycles. The maximum absolute atomic E-state index is 13.0. The Morgan fingerprint density at radius 1 is 1.21 bits per heavy atom. The molecule has 2 saturated heterocycles. The van der Waals surface area contributed by atoms with Crippen molar-refractivity contribution in [2.45, 2.75) is 46.1 Å². The Labute approximate surface area is 166 Å². The van der Waals surface area contributed by atoms with Crippen molar-refractivity contribution in [2.75, 3.05) is 26.2 Å². The predicted molar refractivity (Wildman–Crippen MR) is 107 cm³/mol. The van der Waals surface area contributed by atoms with Crippen molar-refractivity contribution in [1.29, 1.82) is 0 Å². The fourth-order valence-electron chi connectivity index (χ4n) is 4.78. The molecule has 0 N–H and O–H groups in total. The molecule has 0 bridgehead atoms. The van der Waals surface area contributed by atoms with Gasteiger partial charge >= 0.3 is 0 Å². The number of carbonyl (C=O) groups is 1. The molecule has 1 unspecified atom stereocenters. The van der Waals surface area contributed by atoms with Crippen molar-refractivity contribution < 1.29 is 9.32 Å². The van der Waals surface area contributed by atoms with E-state index in [0.29, 0.717) is 17.2 Å². The van der Waals surface area contributed by atoms with E-state index in [9.17, 15) is 4.79 Å². The lowest BCUT2D eigenvalue weighted by Crippen LogP contribution is -2.37. The smallest absolute Gasteiger partial charge is 0.259 e. The summed E-state index contributed by atoms with van der Waals surface area (Å²) in [6.45, 7) is 8.84. The summed E-state index contributed by atoms with van der Waals surface area (Å²) in [7, 11) is 0. The zero-order valence-corrected chi connectivity index (χ0v) is 16.9. The molecule has 1 amide bonds. The van der Waals surface area contributed by atoms with Crippen LogP contribution >= 0.6 is 0 Å². The van der Waals surface area contributed by atoms with Crippen LogP contribution in [-0.2, 0) is 13.0 Å². The van der Waals surface area contributed by atoms with Gasteiger partial charge in [-0.2, -0.15) is 0 Å². The molecule has 6 heteroatoms. The van der Waals surface area contributed by atoms with Gasteiger partial charge < -0.3 is 9.42 Å². The molecule has 0 spiro atoms. The van der Waals surface area contributed by atoms with Crippen molar-refractivity contribution in [3.05, 3.63) is 47.1 Å². The highest BCUT2D eigenvalue weighted by Crippen LogP contribution is 2.33. The lowest BCUT2D eigenvalue weighted by Gasteiger charge is -2.34. The van der Waals surface area contributed by atoms with Gasteiger partial charge in [-0.1, -0.05) is 18.1 Å². The van der Waals surface area contributed by atoms with E-state index in [1.807, 2.05) is 37.2 Å².